The number of unbranched alkanes of at least 4 members (excludes halogenated alkanes) is 1. The first-order valence-electron chi connectivity index (χ1n) is 5.99. The molecule has 0 aliphatic rings. The van der Waals surface area contributed by atoms with Crippen LogP contribution in [0, 0.1) is 0 Å². The number of aromatic nitrogens is 1. The van der Waals surface area contributed by atoms with Gasteiger partial charge in [-0.3, -0.25) is 9.55 Å². The zero-order valence-corrected chi connectivity index (χ0v) is 12.3. The molecule has 1 heterocycles. The summed E-state index contributed by atoms with van der Waals surface area (Å²) < 4.78 is 27.0. The molecule has 0 saturated heterocycles. The van der Waals surface area contributed by atoms with Crippen molar-refractivity contribution < 1.29 is 23.4 Å². The first-order valence-corrected chi connectivity index (χ1v) is 9.15. The van der Waals surface area contributed by atoms with Crippen molar-refractivity contribution in [3.8, 4) is 0 Å². The summed E-state index contributed by atoms with van der Waals surface area (Å²) in [5, 5.41) is 0. The van der Waals surface area contributed by atoms with Crippen molar-refractivity contribution in [2.45, 2.75) is 19.3 Å². The fourth-order valence-electron chi connectivity index (χ4n) is 1.46. The maximum Gasteiger partial charge on any atom is 0.505 e. The Balaban J connectivity index is 2.19. The minimum absolute atomic E-state index is 0.0123. The molecule has 2 unspecified atom stereocenters. The summed E-state index contributed by atoms with van der Waals surface area (Å²) in [5.41, 5.74) is 0.805. The van der Waals surface area contributed by atoms with Crippen LogP contribution in [0.5, 0.6) is 0 Å². The van der Waals surface area contributed by atoms with E-state index < -0.39 is 15.6 Å². The van der Waals surface area contributed by atoms with Crippen molar-refractivity contribution in [1.29, 1.82) is 0 Å². The summed E-state index contributed by atoms with van der Waals surface area (Å²) in [7, 11) is -5.75. The minimum Gasteiger partial charge on any atom is -0.324 e. The normalized spacial score (nSPS) is 14.9. The number of rotatable bonds is 9. The van der Waals surface area contributed by atoms with Crippen LogP contribution >= 0.6 is 15.6 Å². The quantitative estimate of drug-likeness (QED) is 0.537. The molecular formula is C11H18NO5P2+. The second-order valence-electron chi connectivity index (χ2n) is 4.05. The van der Waals surface area contributed by atoms with E-state index in [0.717, 1.165) is 5.69 Å². The molecule has 2 N–H and O–H groups in total. The van der Waals surface area contributed by atoms with Gasteiger partial charge in [-0.1, -0.05) is 6.07 Å². The molecule has 0 bridgehead atoms. The van der Waals surface area contributed by atoms with E-state index in [1.807, 2.05) is 12.1 Å². The molecule has 1 aromatic rings. The van der Waals surface area contributed by atoms with Crippen LogP contribution in [0.25, 0.3) is 0 Å². The van der Waals surface area contributed by atoms with E-state index in [4.69, 9.17) is 9.42 Å². The highest BCUT2D eigenvalue weighted by Gasteiger charge is 2.19. The molecule has 1 rings (SSSR count). The number of nitrogens with zero attached hydrogens (tertiary/aromatic N) is 1. The molecular weight excluding hydrogens is 288 g/mol. The third-order valence-electron chi connectivity index (χ3n) is 2.42. The van der Waals surface area contributed by atoms with Gasteiger partial charge in [0.25, 0.3) is 0 Å². The van der Waals surface area contributed by atoms with Crippen LogP contribution in [0.15, 0.2) is 24.4 Å². The lowest BCUT2D eigenvalue weighted by atomic mass is 10.3. The van der Waals surface area contributed by atoms with Crippen LogP contribution in [0.3, 0.4) is 0 Å². The molecule has 6 nitrogen and oxygen atoms in total. The van der Waals surface area contributed by atoms with E-state index in [-0.39, 0.29) is 18.9 Å². The Morgan fingerprint density at radius 3 is 2.79 bits per heavy atom. The summed E-state index contributed by atoms with van der Waals surface area (Å²) >= 11 is 0. The van der Waals surface area contributed by atoms with Crippen molar-refractivity contribution >= 4 is 15.6 Å². The summed E-state index contributed by atoms with van der Waals surface area (Å²) in [6.45, 7) is 0.138. The standard InChI is InChI=1S/C11H17NO5P2/c13-18(14)9-3-4-10-19(15,16)17-8-6-11-5-1-2-7-12-11/h1-2,5,7H,3-4,6,8-10H2,(H-,13,14,15,16)/p+1. The smallest absolute Gasteiger partial charge is 0.324 e. The Labute approximate surface area is 113 Å². The monoisotopic (exact) mass is 306 g/mol. The van der Waals surface area contributed by atoms with E-state index in [1.165, 1.54) is 0 Å². The molecule has 106 valence electrons. The second-order valence-corrected chi connectivity index (χ2v) is 7.18. The first-order chi connectivity index (χ1) is 8.99. The van der Waals surface area contributed by atoms with E-state index in [9.17, 15) is 14.0 Å². The molecule has 19 heavy (non-hydrogen) atoms. The zero-order valence-electron chi connectivity index (χ0n) is 10.5. The number of pyridine rings is 1. The molecule has 2 atom stereocenters. The fraction of sp³-hybridized carbons (Fsp3) is 0.545. The van der Waals surface area contributed by atoms with Crippen LogP contribution in [-0.4, -0.2) is 33.7 Å². The largest absolute Gasteiger partial charge is 0.505 e. The van der Waals surface area contributed by atoms with Gasteiger partial charge in [-0.05, 0) is 29.5 Å². The van der Waals surface area contributed by atoms with E-state index >= 15 is 0 Å². The lowest BCUT2D eigenvalue weighted by molar-refractivity contribution is 0.261. The van der Waals surface area contributed by atoms with Crippen LogP contribution in [0.1, 0.15) is 18.5 Å². The average Bonchev–Trinajstić information content (AvgIpc) is 2.36. The van der Waals surface area contributed by atoms with Crippen molar-refractivity contribution in [2.75, 3.05) is 18.9 Å². The highest BCUT2D eigenvalue weighted by Crippen LogP contribution is 2.42. The minimum atomic E-state index is -3.59. The van der Waals surface area contributed by atoms with Gasteiger partial charge in [-0.2, -0.15) is 4.89 Å². The lowest BCUT2D eigenvalue weighted by Gasteiger charge is -2.11. The van der Waals surface area contributed by atoms with Crippen LogP contribution < -0.4 is 0 Å². The van der Waals surface area contributed by atoms with Crippen LogP contribution in [0.2, 0.25) is 0 Å². The third kappa shape index (κ3) is 8.19. The van der Waals surface area contributed by atoms with Gasteiger partial charge in [0, 0.05) is 18.3 Å². The maximum absolute atomic E-state index is 11.6. The van der Waals surface area contributed by atoms with E-state index in [2.05, 4.69) is 4.98 Å². The predicted molar refractivity (Wildman–Crippen MR) is 72.5 cm³/mol. The highest BCUT2D eigenvalue weighted by atomic mass is 31.2. The first kappa shape index (κ1) is 16.4. The molecule has 0 saturated carbocycles. The van der Waals surface area contributed by atoms with Gasteiger partial charge in [0.1, 0.15) is 0 Å². The molecule has 0 aliphatic carbocycles. The van der Waals surface area contributed by atoms with Crippen LogP contribution in [0.4, 0.5) is 0 Å². The SMILES string of the molecule is O=[P+](O)CCCCP(=O)(O)OCCc1ccccn1. The number of hydrogen-bond acceptors (Lipinski definition) is 4. The van der Waals surface area contributed by atoms with E-state index in [0.29, 0.717) is 19.3 Å². The maximum atomic E-state index is 11.6. The Morgan fingerprint density at radius 1 is 1.37 bits per heavy atom. The zero-order chi connectivity index (χ0) is 14.1. The third-order valence-corrected chi connectivity index (χ3v) is 4.58. The molecule has 1 aromatic heterocycles. The van der Waals surface area contributed by atoms with Gasteiger partial charge in [-0.25, -0.2) is 0 Å². The number of hydrogen-bond donors (Lipinski definition) is 2. The molecule has 0 amide bonds. The van der Waals surface area contributed by atoms with Crippen molar-refractivity contribution in [3.63, 3.8) is 0 Å². The molecule has 0 fully saturated rings. The predicted octanol–water partition coefficient (Wildman–Crippen LogP) is 2.34. The van der Waals surface area contributed by atoms with E-state index in [1.54, 1.807) is 12.3 Å². The van der Waals surface area contributed by atoms with Gasteiger partial charge in [0.05, 0.1) is 12.8 Å². The summed E-state index contributed by atoms with van der Waals surface area (Å²) in [5.74, 6) is 0. The molecule has 0 spiro atoms. The van der Waals surface area contributed by atoms with Gasteiger partial charge in [-0.15, -0.1) is 0 Å². The Kier molecular flexibility index (Phi) is 7.36. The molecule has 0 aliphatic heterocycles. The van der Waals surface area contributed by atoms with Gasteiger partial charge in [0.2, 0.25) is 0 Å². The topological polar surface area (TPSA) is 96.7 Å². The summed E-state index contributed by atoms with van der Waals surface area (Å²) in [6.07, 6.45) is 3.15. The Bertz CT molecular complexity index is 440. The molecule has 0 aromatic carbocycles. The molecule has 0 radical (unpaired) electrons. The lowest BCUT2D eigenvalue weighted by Crippen LogP contribution is -2.01. The van der Waals surface area contributed by atoms with Crippen LogP contribution in [-0.2, 0) is 20.1 Å². The fourth-order valence-corrected chi connectivity index (χ4v) is 3.09. The average molecular weight is 306 g/mol. The van der Waals surface area contributed by atoms with Crippen molar-refractivity contribution in [3.05, 3.63) is 30.1 Å². The molecule has 8 heteroatoms. The van der Waals surface area contributed by atoms with Gasteiger partial charge in [0.15, 0.2) is 6.16 Å². The Morgan fingerprint density at radius 2 is 2.16 bits per heavy atom. The van der Waals surface area contributed by atoms with Gasteiger partial charge >= 0.3 is 15.6 Å². The summed E-state index contributed by atoms with van der Waals surface area (Å²) in [6, 6.07) is 5.47. The van der Waals surface area contributed by atoms with Crippen molar-refractivity contribution in [1.82, 2.24) is 4.98 Å². The Hall–Kier alpha value is -0.640. The van der Waals surface area contributed by atoms with Crippen molar-refractivity contribution in [2.24, 2.45) is 0 Å². The van der Waals surface area contributed by atoms with Gasteiger partial charge < -0.3 is 9.42 Å². The highest BCUT2D eigenvalue weighted by molar-refractivity contribution is 7.52. The second kappa shape index (κ2) is 8.51. The summed E-state index contributed by atoms with van der Waals surface area (Å²) in [4.78, 5) is 22.2.